The van der Waals surface area contributed by atoms with Crippen molar-refractivity contribution >= 4 is 17.6 Å². The molecule has 0 aromatic carbocycles. The highest BCUT2D eigenvalue weighted by atomic mass is 16.2. The normalized spacial score (nSPS) is 18.5. The predicted molar refractivity (Wildman–Crippen MR) is 84.5 cm³/mol. The first-order valence-electron chi connectivity index (χ1n) is 7.89. The molecule has 22 heavy (non-hydrogen) atoms. The van der Waals surface area contributed by atoms with Gasteiger partial charge in [-0.15, -0.1) is 0 Å². The summed E-state index contributed by atoms with van der Waals surface area (Å²) in [5, 5.41) is 9.88. The highest BCUT2D eigenvalue weighted by molar-refractivity contribution is 5.94. The summed E-state index contributed by atoms with van der Waals surface area (Å²) in [5.41, 5.74) is 0.659. The van der Waals surface area contributed by atoms with Gasteiger partial charge in [-0.25, -0.2) is 4.79 Å². The second-order valence-corrected chi connectivity index (χ2v) is 6.06. The minimum atomic E-state index is -0.385. The molecular formula is C15H25N5O2. The Morgan fingerprint density at radius 2 is 2.32 bits per heavy atom. The van der Waals surface area contributed by atoms with Crippen molar-refractivity contribution in [2.45, 2.75) is 46.2 Å². The zero-order valence-corrected chi connectivity index (χ0v) is 13.5. The quantitative estimate of drug-likeness (QED) is 0.868. The van der Waals surface area contributed by atoms with Crippen molar-refractivity contribution in [2.75, 3.05) is 18.4 Å². The zero-order valence-electron chi connectivity index (χ0n) is 13.5. The van der Waals surface area contributed by atoms with Gasteiger partial charge in [0.25, 0.3) is 0 Å². The fourth-order valence-corrected chi connectivity index (χ4v) is 2.62. The molecule has 122 valence electrons. The third kappa shape index (κ3) is 3.99. The van der Waals surface area contributed by atoms with Crippen LogP contribution in [0.5, 0.6) is 0 Å². The predicted octanol–water partition coefficient (Wildman–Crippen LogP) is 1.67. The molecule has 1 aliphatic rings. The minimum Gasteiger partial charge on any atom is -0.353 e. The number of nitrogens with one attached hydrogen (secondary N) is 2. The van der Waals surface area contributed by atoms with Gasteiger partial charge in [-0.05, 0) is 12.3 Å². The number of amides is 3. The minimum absolute atomic E-state index is 0.0706. The van der Waals surface area contributed by atoms with Crippen molar-refractivity contribution in [3.05, 3.63) is 12.4 Å². The average molecular weight is 307 g/mol. The molecule has 2 N–H and O–H groups in total. The molecule has 1 atom stereocenters. The Bertz CT molecular complexity index is 526. The molecule has 1 aromatic rings. The summed E-state index contributed by atoms with van der Waals surface area (Å²) in [7, 11) is 0. The molecule has 1 saturated heterocycles. The standard InChI is InChI=1S/C15H25N5O2/c1-4-5-13-14(21)16-6-7-20(13)15(22)18-12-8-17-19(10-12)9-11(2)3/h8,10-11,13H,4-7,9H2,1-3H3,(H,16,21)(H,18,22). The summed E-state index contributed by atoms with van der Waals surface area (Å²) in [4.78, 5) is 26.0. The summed E-state index contributed by atoms with van der Waals surface area (Å²) in [5.74, 6) is 0.418. The summed E-state index contributed by atoms with van der Waals surface area (Å²) < 4.78 is 1.81. The number of carbonyl (C=O) groups excluding carboxylic acids is 2. The molecule has 1 unspecified atom stereocenters. The van der Waals surface area contributed by atoms with E-state index in [1.54, 1.807) is 11.1 Å². The fraction of sp³-hybridized carbons (Fsp3) is 0.667. The smallest absolute Gasteiger partial charge is 0.322 e. The molecule has 2 rings (SSSR count). The maximum atomic E-state index is 12.4. The Labute approximate surface area is 131 Å². The van der Waals surface area contributed by atoms with Crippen LogP contribution < -0.4 is 10.6 Å². The molecule has 1 aromatic heterocycles. The van der Waals surface area contributed by atoms with Crippen LogP contribution in [-0.2, 0) is 11.3 Å². The number of rotatable bonds is 5. The molecule has 2 heterocycles. The van der Waals surface area contributed by atoms with E-state index >= 15 is 0 Å². The second kappa shape index (κ2) is 7.29. The van der Waals surface area contributed by atoms with E-state index in [9.17, 15) is 9.59 Å². The molecule has 0 bridgehead atoms. The molecule has 0 radical (unpaired) electrons. The van der Waals surface area contributed by atoms with Crippen LogP contribution in [0.2, 0.25) is 0 Å². The Kier molecular flexibility index (Phi) is 5.41. The number of carbonyl (C=O) groups is 2. The number of nitrogens with zero attached hydrogens (tertiary/aromatic N) is 3. The van der Waals surface area contributed by atoms with Crippen molar-refractivity contribution in [1.82, 2.24) is 20.0 Å². The lowest BCUT2D eigenvalue weighted by Crippen LogP contribution is -2.58. The Balaban J connectivity index is 2.00. The van der Waals surface area contributed by atoms with Gasteiger partial charge >= 0.3 is 6.03 Å². The molecular weight excluding hydrogens is 282 g/mol. The number of hydrogen-bond donors (Lipinski definition) is 2. The van der Waals surface area contributed by atoms with Crippen LogP contribution in [-0.4, -0.2) is 45.8 Å². The zero-order chi connectivity index (χ0) is 16.1. The highest BCUT2D eigenvalue weighted by Crippen LogP contribution is 2.14. The van der Waals surface area contributed by atoms with Gasteiger partial charge in [-0.1, -0.05) is 27.2 Å². The van der Waals surface area contributed by atoms with Crippen molar-refractivity contribution in [1.29, 1.82) is 0 Å². The first kappa shape index (κ1) is 16.3. The molecule has 0 spiro atoms. The summed E-state index contributed by atoms with van der Waals surface area (Å²) in [6.07, 6.45) is 4.98. The molecule has 0 saturated carbocycles. The van der Waals surface area contributed by atoms with E-state index in [0.717, 1.165) is 13.0 Å². The van der Waals surface area contributed by atoms with Gasteiger partial charge in [0, 0.05) is 25.8 Å². The van der Waals surface area contributed by atoms with Crippen molar-refractivity contribution in [3.63, 3.8) is 0 Å². The van der Waals surface area contributed by atoms with E-state index in [0.29, 0.717) is 31.1 Å². The largest absolute Gasteiger partial charge is 0.353 e. The monoisotopic (exact) mass is 307 g/mol. The third-order valence-electron chi connectivity index (χ3n) is 3.59. The van der Waals surface area contributed by atoms with E-state index in [4.69, 9.17) is 0 Å². The van der Waals surface area contributed by atoms with Crippen LogP contribution >= 0.6 is 0 Å². The lowest BCUT2D eigenvalue weighted by Gasteiger charge is -2.34. The maximum Gasteiger partial charge on any atom is 0.322 e. The maximum absolute atomic E-state index is 12.4. The van der Waals surface area contributed by atoms with Crippen molar-refractivity contribution in [3.8, 4) is 0 Å². The number of urea groups is 1. The third-order valence-corrected chi connectivity index (χ3v) is 3.59. The first-order chi connectivity index (χ1) is 10.5. The van der Waals surface area contributed by atoms with Crippen molar-refractivity contribution < 1.29 is 9.59 Å². The molecule has 0 aliphatic carbocycles. The van der Waals surface area contributed by atoms with Crippen LogP contribution in [0.4, 0.5) is 10.5 Å². The van der Waals surface area contributed by atoms with E-state index in [1.165, 1.54) is 0 Å². The molecule has 7 heteroatoms. The summed E-state index contributed by atoms with van der Waals surface area (Å²) in [6.45, 7) is 8.07. The molecule has 3 amide bonds. The average Bonchev–Trinajstić information content (AvgIpc) is 2.87. The van der Waals surface area contributed by atoms with Crippen LogP contribution in [0, 0.1) is 5.92 Å². The summed E-state index contributed by atoms with van der Waals surface area (Å²) in [6, 6.07) is -0.623. The van der Waals surface area contributed by atoms with Gasteiger partial charge < -0.3 is 15.5 Å². The lowest BCUT2D eigenvalue weighted by molar-refractivity contribution is -0.127. The lowest BCUT2D eigenvalue weighted by atomic mass is 10.1. The van der Waals surface area contributed by atoms with Gasteiger partial charge in [-0.2, -0.15) is 5.10 Å². The van der Waals surface area contributed by atoms with Gasteiger partial charge in [0.05, 0.1) is 11.9 Å². The SMILES string of the molecule is CCCC1C(=O)NCCN1C(=O)Nc1cnn(CC(C)C)c1. The second-order valence-electron chi connectivity index (χ2n) is 6.06. The first-order valence-corrected chi connectivity index (χ1v) is 7.89. The van der Waals surface area contributed by atoms with Gasteiger partial charge in [-0.3, -0.25) is 9.48 Å². The van der Waals surface area contributed by atoms with Crippen LogP contribution in [0.25, 0.3) is 0 Å². The molecule has 1 aliphatic heterocycles. The number of aromatic nitrogens is 2. The highest BCUT2D eigenvalue weighted by Gasteiger charge is 2.32. The van der Waals surface area contributed by atoms with E-state index in [1.807, 2.05) is 17.8 Å². The van der Waals surface area contributed by atoms with Gasteiger partial charge in [0.15, 0.2) is 0 Å². The number of piperazine rings is 1. The fourth-order valence-electron chi connectivity index (χ4n) is 2.62. The van der Waals surface area contributed by atoms with Gasteiger partial charge in [0.2, 0.25) is 5.91 Å². The van der Waals surface area contributed by atoms with Crippen LogP contribution in [0.1, 0.15) is 33.6 Å². The Morgan fingerprint density at radius 1 is 1.55 bits per heavy atom. The van der Waals surface area contributed by atoms with E-state index in [-0.39, 0.29) is 18.0 Å². The Hall–Kier alpha value is -2.05. The molecule has 1 fully saturated rings. The summed E-state index contributed by atoms with van der Waals surface area (Å²) >= 11 is 0. The van der Waals surface area contributed by atoms with E-state index in [2.05, 4.69) is 29.6 Å². The van der Waals surface area contributed by atoms with Crippen molar-refractivity contribution in [2.24, 2.45) is 5.92 Å². The number of hydrogen-bond acceptors (Lipinski definition) is 3. The Morgan fingerprint density at radius 3 is 3.00 bits per heavy atom. The van der Waals surface area contributed by atoms with Gasteiger partial charge in [0.1, 0.15) is 6.04 Å². The topological polar surface area (TPSA) is 79.3 Å². The van der Waals surface area contributed by atoms with Crippen LogP contribution in [0.15, 0.2) is 12.4 Å². The van der Waals surface area contributed by atoms with E-state index < -0.39 is 0 Å². The number of anilines is 1. The molecule has 7 nitrogen and oxygen atoms in total. The van der Waals surface area contributed by atoms with Crippen LogP contribution in [0.3, 0.4) is 0 Å².